The maximum atomic E-state index is 5.49. The Balaban J connectivity index is 1.63. The molecular weight excluding hydrogens is 304 g/mol. The van der Waals surface area contributed by atoms with Crippen LogP contribution in [0.15, 0.2) is 24.4 Å². The van der Waals surface area contributed by atoms with Gasteiger partial charge in [0.15, 0.2) is 11.6 Å². The van der Waals surface area contributed by atoms with E-state index < -0.39 is 0 Å². The number of nitrogens with zero attached hydrogens (tertiary/aromatic N) is 5. The molecule has 0 radical (unpaired) electrons. The highest BCUT2D eigenvalue weighted by molar-refractivity contribution is 5.53. The van der Waals surface area contributed by atoms with Crippen LogP contribution in [-0.2, 0) is 17.6 Å². The Morgan fingerprint density at radius 1 is 1.21 bits per heavy atom. The van der Waals surface area contributed by atoms with Crippen molar-refractivity contribution < 1.29 is 4.74 Å². The lowest BCUT2D eigenvalue weighted by Gasteiger charge is -2.07. The standard InChI is InChI=1S/C17H18N6O/c1-2-11-4-5-14(8-12(11)3-1)23-17(15-9-18-22-20-15)19-16(21-23)13-6-7-24-10-13/h4-5,8-9,13H,1-3,6-7,10H2,(H,18,20,22)/t13-/m0/s1. The quantitative estimate of drug-likeness (QED) is 0.798. The monoisotopic (exact) mass is 322 g/mol. The molecule has 1 N–H and O–H groups in total. The van der Waals surface area contributed by atoms with Crippen LogP contribution < -0.4 is 0 Å². The Labute approximate surface area is 139 Å². The Bertz CT molecular complexity index is 863. The lowest BCUT2D eigenvalue weighted by atomic mass is 10.1. The zero-order valence-corrected chi connectivity index (χ0v) is 13.3. The van der Waals surface area contributed by atoms with Crippen LogP contribution in [0.25, 0.3) is 17.2 Å². The SMILES string of the molecule is c1cc2c(cc1-n1nc([C@H]3CCOC3)nc1-c1cn[nH]n1)CCC2. The van der Waals surface area contributed by atoms with Crippen molar-refractivity contribution >= 4 is 0 Å². The number of fused-ring (bicyclic) bond motifs is 1. The minimum Gasteiger partial charge on any atom is -0.381 e. The summed E-state index contributed by atoms with van der Waals surface area (Å²) in [5.74, 6) is 1.81. The molecule has 3 heterocycles. The van der Waals surface area contributed by atoms with Crippen LogP contribution in [0, 0.1) is 0 Å². The summed E-state index contributed by atoms with van der Waals surface area (Å²) in [5, 5.41) is 15.6. The molecule has 0 unspecified atom stereocenters. The molecule has 1 aromatic carbocycles. The van der Waals surface area contributed by atoms with Gasteiger partial charge in [0.2, 0.25) is 0 Å². The largest absolute Gasteiger partial charge is 0.381 e. The van der Waals surface area contributed by atoms with E-state index in [9.17, 15) is 0 Å². The minimum atomic E-state index is 0.256. The summed E-state index contributed by atoms with van der Waals surface area (Å²) < 4.78 is 7.39. The van der Waals surface area contributed by atoms with Crippen molar-refractivity contribution in [1.82, 2.24) is 30.2 Å². The third kappa shape index (κ3) is 2.24. The second-order valence-corrected chi connectivity index (χ2v) is 6.43. The van der Waals surface area contributed by atoms with Gasteiger partial charge in [-0.15, -0.1) is 0 Å². The van der Waals surface area contributed by atoms with E-state index in [0.29, 0.717) is 12.3 Å². The highest BCUT2D eigenvalue weighted by atomic mass is 16.5. The summed E-state index contributed by atoms with van der Waals surface area (Å²) in [6, 6.07) is 6.57. The summed E-state index contributed by atoms with van der Waals surface area (Å²) in [6.45, 7) is 1.46. The fraction of sp³-hybridized carbons (Fsp3) is 0.412. The first-order chi connectivity index (χ1) is 11.9. The van der Waals surface area contributed by atoms with Crippen molar-refractivity contribution in [3.8, 4) is 17.2 Å². The van der Waals surface area contributed by atoms with Gasteiger partial charge in [-0.3, -0.25) is 0 Å². The van der Waals surface area contributed by atoms with Crippen molar-refractivity contribution in [1.29, 1.82) is 0 Å². The maximum absolute atomic E-state index is 5.49. The molecule has 1 atom stereocenters. The summed E-state index contributed by atoms with van der Waals surface area (Å²) in [5.41, 5.74) is 4.60. The molecular formula is C17H18N6O. The van der Waals surface area contributed by atoms with Crippen LogP contribution in [0.2, 0.25) is 0 Å². The summed E-state index contributed by atoms with van der Waals surface area (Å²) in [4.78, 5) is 4.75. The van der Waals surface area contributed by atoms with Crippen LogP contribution in [-0.4, -0.2) is 43.4 Å². The summed E-state index contributed by atoms with van der Waals surface area (Å²) in [6.07, 6.45) is 6.19. The van der Waals surface area contributed by atoms with E-state index in [-0.39, 0.29) is 5.92 Å². The molecule has 1 fully saturated rings. The number of hydrogen-bond acceptors (Lipinski definition) is 5. The molecule has 7 heteroatoms. The minimum absolute atomic E-state index is 0.256. The fourth-order valence-corrected chi connectivity index (χ4v) is 3.58. The van der Waals surface area contributed by atoms with E-state index in [4.69, 9.17) is 14.8 Å². The number of benzene rings is 1. The van der Waals surface area contributed by atoms with Gasteiger partial charge in [0.25, 0.3) is 0 Å². The lowest BCUT2D eigenvalue weighted by molar-refractivity contribution is 0.193. The highest BCUT2D eigenvalue weighted by Gasteiger charge is 2.25. The number of hydrogen-bond donors (Lipinski definition) is 1. The van der Waals surface area contributed by atoms with Gasteiger partial charge in [0.1, 0.15) is 5.69 Å². The normalized spacial score (nSPS) is 19.8. The van der Waals surface area contributed by atoms with Gasteiger partial charge in [-0.1, -0.05) is 6.07 Å². The maximum Gasteiger partial charge on any atom is 0.185 e. The average molecular weight is 322 g/mol. The van der Waals surface area contributed by atoms with Crippen LogP contribution in [0.4, 0.5) is 0 Å². The lowest BCUT2D eigenvalue weighted by Crippen LogP contribution is -2.03. The van der Waals surface area contributed by atoms with Gasteiger partial charge in [-0.25, -0.2) is 9.67 Å². The van der Waals surface area contributed by atoms with Gasteiger partial charge in [-0.2, -0.15) is 20.5 Å². The third-order valence-electron chi connectivity index (χ3n) is 4.89. The first-order valence-electron chi connectivity index (χ1n) is 8.41. The predicted octanol–water partition coefficient (Wildman–Crippen LogP) is 2.04. The topological polar surface area (TPSA) is 81.5 Å². The Hall–Kier alpha value is -2.54. The van der Waals surface area contributed by atoms with E-state index in [1.54, 1.807) is 6.20 Å². The van der Waals surface area contributed by atoms with Gasteiger partial charge < -0.3 is 4.74 Å². The Morgan fingerprint density at radius 2 is 2.17 bits per heavy atom. The number of rotatable bonds is 3. The van der Waals surface area contributed by atoms with Crippen molar-refractivity contribution in [2.75, 3.05) is 13.2 Å². The number of aryl methyl sites for hydroxylation is 2. The number of aromatic nitrogens is 6. The third-order valence-corrected chi connectivity index (χ3v) is 4.89. The second-order valence-electron chi connectivity index (χ2n) is 6.43. The van der Waals surface area contributed by atoms with Gasteiger partial charge in [-0.05, 0) is 48.9 Å². The van der Waals surface area contributed by atoms with E-state index in [2.05, 4.69) is 33.6 Å². The molecule has 1 saturated heterocycles. The molecule has 24 heavy (non-hydrogen) atoms. The molecule has 2 aromatic heterocycles. The molecule has 0 amide bonds. The number of H-pyrrole nitrogens is 1. The van der Waals surface area contributed by atoms with Crippen molar-refractivity contribution in [2.24, 2.45) is 0 Å². The molecule has 0 bridgehead atoms. The Morgan fingerprint density at radius 3 is 3.00 bits per heavy atom. The molecule has 1 aliphatic heterocycles. The van der Waals surface area contributed by atoms with E-state index in [0.717, 1.165) is 36.8 Å². The molecule has 3 aromatic rings. The number of ether oxygens (including phenoxy) is 1. The van der Waals surface area contributed by atoms with Crippen LogP contribution in [0.1, 0.15) is 35.7 Å². The average Bonchev–Trinajstić information content (AvgIpc) is 3.41. The number of nitrogens with one attached hydrogen (secondary N) is 1. The zero-order valence-electron chi connectivity index (χ0n) is 13.3. The van der Waals surface area contributed by atoms with Crippen molar-refractivity contribution in [2.45, 2.75) is 31.6 Å². The first-order valence-corrected chi connectivity index (χ1v) is 8.41. The summed E-state index contributed by atoms with van der Waals surface area (Å²) in [7, 11) is 0. The molecule has 7 nitrogen and oxygen atoms in total. The zero-order chi connectivity index (χ0) is 15.9. The van der Waals surface area contributed by atoms with E-state index in [1.165, 1.54) is 24.0 Å². The fourth-order valence-electron chi connectivity index (χ4n) is 3.58. The first kappa shape index (κ1) is 13.9. The van der Waals surface area contributed by atoms with E-state index >= 15 is 0 Å². The summed E-state index contributed by atoms with van der Waals surface area (Å²) >= 11 is 0. The molecule has 5 rings (SSSR count). The van der Waals surface area contributed by atoms with Gasteiger partial charge in [0, 0.05) is 12.5 Å². The van der Waals surface area contributed by atoms with Crippen LogP contribution >= 0.6 is 0 Å². The molecule has 122 valence electrons. The van der Waals surface area contributed by atoms with Gasteiger partial charge in [0.05, 0.1) is 18.5 Å². The second kappa shape index (κ2) is 5.52. The molecule has 2 aliphatic rings. The van der Waals surface area contributed by atoms with Crippen LogP contribution in [0.3, 0.4) is 0 Å². The molecule has 0 saturated carbocycles. The van der Waals surface area contributed by atoms with E-state index in [1.807, 2.05) is 4.68 Å². The van der Waals surface area contributed by atoms with Crippen molar-refractivity contribution in [3.63, 3.8) is 0 Å². The smallest absolute Gasteiger partial charge is 0.185 e. The predicted molar refractivity (Wildman–Crippen MR) is 86.9 cm³/mol. The molecule has 0 spiro atoms. The van der Waals surface area contributed by atoms with Gasteiger partial charge >= 0.3 is 0 Å². The highest BCUT2D eigenvalue weighted by Crippen LogP contribution is 2.29. The van der Waals surface area contributed by atoms with Crippen molar-refractivity contribution in [3.05, 3.63) is 41.3 Å². The van der Waals surface area contributed by atoms with Crippen LogP contribution in [0.5, 0.6) is 0 Å². The Kier molecular flexibility index (Phi) is 3.19. The number of aromatic amines is 1. The molecule has 1 aliphatic carbocycles.